The summed E-state index contributed by atoms with van der Waals surface area (Å²) in [6, 6.07) is 4.45. The molecule has 1 fully saturated rings. The van der Waals surface area contributed by atoms with Gasteiger partial charge in [-0.2, -0.15) is 0 Å². The van der Waals surface area contributed by atoms with Crippen molar-refractivity contribution >= 4 is 45.9 Å². The third kappa shape index (κ3) is 5.21. The minimum absolute atomic E-state index is 0. The highest BCUT2D eigenvalue weighted by Crippen LogP contribution is 2.17. The number of halogens is 2. The van der Waals surface area contributed by atoms with Gasteiger partial charge >= 0.3 is 5.76 Å². The van der Waals surface area contributed by atoms with Crippen LogP contribution < -0.4 is 15.8 Å². The summed E-state index contributed by atoms with van der Waals surface area (Å²) in [5.74, 6) is -0.511. The molecule has 0 aliphatic carbocycles. The average Bonchev–Trinajstić information content (AvgIpc) is 2.87. The molecule has 1 saturated heterocycles. The topological polar surface area (TPSA) is 96.6 Å². The summed E-state index contributed by atoms with van der Waals surface area (Å²) < 4.78 is 33.7. The molecule has 148 valence electrons. The molecule has 3 rings (SSSR count). The van der Waals surface area contributed by atoms with Crippen molar-refractivity contribution in [3.8, 4) is 0 Å². The first kappa shape index (κ1) is 22.9. The third-order valence-corrected chi connectivity index (χ3v) is 5.69. The predicted octanol–water partition coefficient (Wildman–Crippen LogP) is 0.549. The van der Waals surface area contributed by atoms with E-state index < -0.39 is 15.8 Å². The second kappa shape index (κ2) is 9.72. The molecule has 0 spiro atoms. The number of oxazole rings is 1. The molecule has 1 aromatic heterocycles. The molecule has 2 N–H and O–H groups in total. The first-order valence-corrected chi connectivity index (χ1v) is 9.48. The zero-order valence-corrected chi connectivity index (χ0v) is 16.9. The van der Waals surface area contributed by atoms with E-state index in [0.717, 1.165) is 39.1 Å². The summed E-state index contributed by atoms with van der Waals surface area (Å²) in [7, 11) is -2.03. The Morgan fingerprint density at radius 1 is 1.23 bits per heavy atom. The molecule has 0 saturated carbocycles. The summed E-state index contributed by atoms with van der Waals surface area (Å²) in [6.07, 6.45) is 0.752. The summed E-state index contributed by atoms with van der Waals surface area (Å²) in [5.41, 5.74) is 0.837. The lowest BCUT2D eigenvalue weighted by Crippen LogP contribution is -2.44. The first-order valence-electron chi connectivity index (χ1n) is 8.00. The number of aromatic nitrogens is 1. The molecular formula is C15H24Cl2N4O4S. The first-order chi connectivity index (χ1) is 11.5. The van der Waals surface area contributed by atoms with Gasteiger partial charge in [-0.05, 0) is 25.1 Å². The molecule has 26 heavy (non-hydrogen) atoms. The van der Waals surface area contributed by atoms with E-state index in [2.05, 4.69) is 14.9 Å². The Balaban J connectivity index is 0.00000169. The van der Waals surface area contributed by atoms with Crippen LogP contribution in [0.3, 0.4) is 0 Å². The minimum Gasteiger partial charge on any atom is -0.408 e. The van der Waals surface area contributed by atoms with E-state index in [1.165, 1.54) is 16.7 Å². The summed E-state index contributed by atoms with van der Waals surface area (Å²) in [5, 5.41) is 3.29. The molecule has 0 atom stereocenters. The van der Waals surface area contributed by atoms with Crippen molar-refractivity contribution in [2.24, 2.45) is 7.05 Å². The molecule has 0 amide bonds. The fraction of sp³-hybridized carbons (Fsp3) is 0.533. The van der Waals surface area contributed by atoms with Gasteiger partial charge in [-0.3, -0.25) is 4.57 Å². The smallest absolute Gasteiger partial charge is 0.408 e. The van der Waals surface area contributed by atoms with E-state index in [1.807, 2.05) is 0 Å². The number of fused-ring (bicyclic) bond motifs is 1. The Bertz CT molecular complexity index is 875. The van der Waals surface area contributed by atoms with Gasteiger partial charge in [0.1, 0.15) is 0 Å². The lowest BCUT2D eigenvalue weighted by atomic mass is 10.3. The SMILES string of the molecule is Cl.Cl.Cn1c(=O)oc2cc(S(=O)(=O)NCCCN3CCNCC3)ccc21. The standard InChI is InChI=1S/C15H22N4O4S.2ClH/c1-18-13-4-3-12(11-14(13)23-15(18)20)24(21,22)17-5-2-8-19-9-6-16-7-10-19;;/h3-4,11,16-17H,2,5-10H2,1H3;2*1H. The molecule has 0 radical (unpaired) electrons. The van der Waals surface area contributed by atoms with E-state index in [-0.39, 0.29) is 35.3 Å². The van der Waals surface area contributed by atoms with Crippen LogP contribution in [0.15, 0.2) is 32.3 Å². The second-order valence-electron chi connectivity index (χ2n) is 5.90. The Kier molecular flexibility index (Phi) is 8.58. The van der Waals surface area contributed by atoms with Gasteiger partial charge < -0.3 is 14.6 Å². The van der Waals surface area contributed by atoms with Gasteiger partial charge in [0.05, 0.1) is 10.4 Å². The number of aryl methyl sites for hydroxylation is 1. The molecule has 1 aliphatic rings. The number of sulfonamides is 1. The number of rotatable bonds is 6. The van der Waals surface area contributed by atoms with Crippen molar-refractivity contribution in [2.45, 2.75) is 11.3 Å². The van der Waals surface area contributed by atoms with Gasteiger partial charge in [0, 0.05) is 45.8 Å². The Morgan fingerprint density at radius 3 is 2.62 bits per heavy atom. The molecule has 1 aliphatic heterocycles. The van der Waals surface area contributed by atoms with Crippen LogP contribution in [0, 0.1) is 0 Å². The predicted molar refractivity (Wildman–Crippen MR) is 105 cm³/mol. The van der Waals surface area contributed by atoms with E-state index in [0.29, 0.717) is 12.1 Å². The van der Waals surface area contributed by atoms with Crippen molar-refractivity contribution in [3.05, 3.63) is 28.7 Å². The quantitative estimate of drug-likeness (QED) is 0.654. The van der Waals surface area contributed by atoms with Crippen LogP contribution in [0.1, 0.15) is 6.42 Å². The van der Waals surface area contributed by atoms with Gasteiger partial charge in [-0.15, -0.1) is 24.8 Å². The largest absolute Gasteiger partial charge is 0.419 e. The molecule has 1 aromatic carbocycles. The van der Waals surface area contributed by atoms with Gasteiger partial charge in [0.25, 0.3) is 0 Å². The molecule has 0 bridgehead atoms. The fourth-order valence-electron chi connectivity index (χ4n) is 2.81. The monoisotopic (exact) mass is 426 g/mol. The van der Waals surface area contributed by atoms with Crippen LogP contribution >= 0.6 is 24.8 Å². The zero-order valence-electron chi connectivity index (χ0n) is 14.4. The Hall–Kier alpha value is -1.10. The van der Waals surface area contributed by atoms with Gasteiger partial charge in [0.2, 0.25) is 10.0 Å². The Morgan fingerprint density at radius 2 is 1.92 bits per heavy atom. The number of benzene rings is 1. The number of nitrogens with one attached hydrogen (secondary N) is 2. The van der Waals surface area contributed by atoms with Crippen LogP contribution in [0.4, 0.5) is 0 Å². The van der Waals surface area contributed by atoms with Crippen LogP contribution in [-0.4, -0.2) is 57.2 Å². The van der Waals surface area contributed by atoms with Gasteiger partial charge in [-0.1, -0.05) is 0 Å². The summed E-state index contributed by atoms with van der Waals surface area (Å²) in [4.78, 5) is 13.9. The van der Waals surface area contributed by atoms with Crippen molar-refractivity contribution in [1.29, 1.82) is 0 Å². The van der Waals surface area contributed by atoms with Crippen molar-refractivity contribution < 1.29 is 12.8 Å². The molecule has 8 nitrogen and oxygen atoms in total. The molecule has 2 aromatic rings. The number of piperazine rings is 1. The van der Waals surface area contributed by atoms with Gasteiger partial charge in [0.15, 0.2) is 5.58 Å². The minimum atomic E-state index is -3.61. The summed E-state index contributed by atoms with van der Waals surface area (Å²) in [6.45, 7) is 5.20. The highest BCUT2D eigenvalue weighted by molar-refractivity contribution is 7.89. The molecule has 11 heteroatoms. The lowest BCUT2D eigenvalue weighted by molar-refractivity contribution is 0.239. The zero-order chi connectivity index (χ0) is 17.2. The normalized spacial score (nSPS) is 15.4. The lowest BCUT2D eigenvalue weighted by Gasteiger charge is -2.27. The van der Waals surface area contributed by atoms with E-state index in [1.54, 1.807) is 13.1 Å². The van der Waals surface area contributed by atoms with E-state index >= 15 is 0 Å². The number of nitrogens with zero attached hydrogens (tertiary/aromatic N) is 2. The number of hydrogen-bond acceptors (Lipinski definition) is 6. The van der Waals surface area contributed by atoms with E-state index in [9.17, 15) is 13.2 Å². The van der Waals surface area contributed by atoms with E-state index in [4.69, 9.17) is 4.42 Å². The van der Waals surface area contributed by atoms with Crippen molar-refractivity contribution in [1.82, 2.24) is 19.5 Å². The van der Waals surface area contributed by atoms with Crippen LogP contribution in [0.2, 0.25) is 0 Å². The van der Waals surface area contributed by atoms with Crippen molar-refractivity contribution in [2.75, 3.05) is 39.3 Å². The van der Waals surface area contributed by atoms with Crippen LogP contribution in [-0.2, 0) is 17.1 Å². The maximum Gasteiger partial charge on any atom is 0.419 e. The third-order valence-electron chi connectivity index (χ3n) is 4.23. The van der Waals surface area contributed by atoms with Crippen molar-refractivity contribution in [3.63, 3.8) is 0 Å². The summed E-state index contributed by atoms with van der Waals surface area (Å²) >= 11 is 0. The maximum atomic E-state index is 12.4. The fourth-order valence-corrected chi connectivity index (χ4v) is 3.90. The molecule has 0 unspecified atom stereocenters. The maximum absolute atomic E-state index is 12.4. The van der Waals surface area contributed by atoms with Crippen LogP contribution in [0.5, 0.6) is 0 Å². The van der Waals surface area contributed by atoms with Crippen LogP contribution in [0.25, 0.3) is 11.1 Å². The second-order valence-corrected chi connectivity index (χ2v) is 7.67. The average molecular weight is 427 g/mol. The number of hydrogen-bond donors (Lipinski definition) is 2. The van der Waals surface area contributed by atoms with Gasteiger partial charge in [-0.25, -0.2) is 17.9 Å². The molecular weight excluding hydrogens is 403 g/mol. The highest BCUT2D eigenvalue weighted by atomic mass is 35.5. The molecule has 2 heterocycles. The highest BCUT2D eigenvalue weighted by Gasteiger charge is 2.17. The Labute approximate surface area is 164 Å².